The first-order valence-corrected chi connectivity index (χ1v) is 9.60. The monoisotopic (exact) mass is 405 g/mol. The Morgan fingerprint density at radius 2 is 1.63 bits per heavy atom. The molecule has 0 aliphatic rings. The Labute approximate surface area is 174 Å². The van der Waals surface area contributed by atoms with Crippen LogP contribution in [-0.2, 0) is 4.79 Å². The van der Waals surface area contributed by atoms with Crippen LogP contribution >= 0.6 is 0 Å². The number of anilines is 2. The van der Waals surface area contributed by atoms with Crippen molar-refractivity contribution in [2.75, 3.05) is 10.6 Å². The lowest BCUT2D eigenvalue weighted by atomic mass is 10.1. The van der Waals surface area contributed by atoms with E-state index in [9.17, 15) is 14.4 Å². The smallest absolute Gasteiger partial charge is 0.291 e. The first kappa shape index (κ1) is 20.9. The van der Waals surface area contributed by atoms with Gasteiger partial charge in [-0.15, -0.1) is 0 Å². The topological polar surface area (TPSA) is 100 Å². The summed E-state index contributed by atoms with van der Waals surface area (Å²) < 4.78 is 5.08. The van der Waals surface area contributed by atoms with Crippen molar-refractivity contribution in [3.05, 3.63) is 83.8 Å². The van der Waals surface area contributed by atoms with Crippen molar-refractivity contribution in [1.82, 2.24) is 5.32 Å². The van der Waals surface area contributed by atoms with E-state index in [-0.39, 0.29) is 17.2 Å². The molecular weight excluding hydrogens is 382 g/mol. The summed E-state index contributed by atoms with van der Waals surface area (Å²) in [7, 11) is 0. The van der Waals surface area contributed by atoms with Crippen molar-refractivity contribution in [2.24, 2.45) is 0 Å². The third-order valence-corrected chi connectivity index (χ3v) is 4.51. The van der Waals surface area contributed by atoms with Crippen LogP contribution in [0.3, 0.4) is 0 Å². The highest BCUT2D eigenvalue weighted by molar-refractivity contribution is 6.09. The lowest BCUT2D eigenvalue weighted by Crippen LogP contribution is -2.43. The highest BCUT2D eigenvalue weighted by Crippen LogP contribution is 2.17. The Morgan fingerprint density at radius 3 is 2.30 bits per heavy atom. The van der Waals surface area contributed by atoms with Crippen molar-refractivity contribution in [2.45, 2.75) is 26.3 Å². The van der Waals surface area contributed by atoms with Crippen LogP contribution in [-0.4, -0.2) is 23.8 Å². The number of furan rings is 1. The maximum Gasteiger partial charge on any atom is 0.291 e. The van der Waals surface area contributed by atoms with Crippen molar-refractivity contribution in [3.8, 4) is 0 Å². The fourth-order valence-electron chi connectivity index (χ4n) is 2.84. The highest BCUT2D eigenvalue weighted by atomic mass is 16.3. The van der Waals surface area contributed by atoms with Gasteiger partial charge in [-0.2, -0.15) is 0 Å². The van der Waals surface area contributed by atoms with E-state index in [1.165, 1.54) is 12.3 Å². The molecule has 0 aliphatic heterocycles. The molecule has 3 aromatic rings. The normalized spacial score (nSPS) is 11.4. The van der Waals surface area contributed by atoms with E-state index in [0.29, 0.717) is 17.8 Å². The lowest BCUT2D eigenvalue weighted by molar-refractivity contribution is -0.118. The first-order chi connectivity index (χ1) is 14.5. The average Bonchev–Trinajstić information content (AvgIpc) is 3.29. The Hall–Kier alpha value is -3.87. The van der Waals surface area contributed by atoms with E-state index in [0.717, 1.165) is 5.56 Å². The minimum Gasteiger partial charge on any atom is -0.459 e. The minimum absolute atomic E-state index is 0.133. The number of hydrogen-bond acceptors (Lipinski definition) is 4. The van der Waals surface area contributed by atoms with Crippen LogP contribution in [0.25, 0.3) is 0 Å². The minimum atomic E-state index is -0.729. The Balaban J connectivity index is 1.70. The lowest BCUT2D eigenvalue weighted by Gasteiger charge is -2.18. The molecule has 7 nitrogen and oxygen atoms in total. The molecule has 3 rings (SSSR count). The molecule has 154 valence electrons. The number of rotatable bonds is 7. The number of para-hydroxylation sites is 1. The number of aryl methyl sites for hydroxylation is 1. The number of benzene rings is 2. The van der Waals surface area contributed by atoms with Crippen molar-refractivity contribution in [1.29, 1.82) is 0 Å². The van der Waals surface area contributed by atoms with Gasteiger partial charge in [0, 0.05) is 5.69 Å². The van der Waals surface area contributed by atoms with Crippen LogP contribution in [0.5, 0.6) is 0 Å². The molecule has 0 saturated heterocycles. The van der Waals surface area contributed by atoms with Gasteiger partial charge in [-0.3, -0.25) is 14.4 Å². The molecule has 0 aliphatic carbocycles. The summed E-state index contributed by atoms with van der Waals surface area (Å²) in [4.78, 5) is 37.7. The van der Waals surface area contributed by atoms with Crippen LogP contribution in [0.15, 0.2) is 71.3 Å². The summed E-state index contributed by atoms with van der Waals surface area (Å²) in [6.07, 6.45) is 1.80. The van der Waals surface area contributed by atoms with Crippen LogP contribution in [0, 0.1) is 6.92 Å². The number of carbonyl (C=O) groups is 3. The molecular formula is C23H23N3O4. The van der Waals surface area contributed by atoms with Gasteiger partial charge in [-0.1, -0.05) is 36.8 Å². The number of carbonyl (C=O) groups excluding carboxylic acids is 3. The quantitative estimate of drug-likeness (QED) is 0.553. The van der Waals surface area contributed by atoms with E-state index < -0.39 is 17.9 Å². The molecule has 2 aromatic carbocycles. The van der Waals surface area contributed by atoms with Crippen molar-refractivity contribution in [3.63, 3.8) is 0 Å². The number of nitrogens with one attached hydrogen (secondary N) is 3. The van der Waals surface area contributed by atoms with Gasteiger partial charge in [0.05, 0.1) is 17.5 Å². The molecule has 0 radical (unpaired) electrons. The molecule has 1 heterocycles. The van der Waals surface area contributed by atoms with Gasteiger partial charge in [0.25, 0.3) is 11.8 Å². The summed E-state index contributed by atoms with van der Waals surface area (Å²) in [6, 6.07) is 16.4. The van der Waals surface area contributed by atoms with Crippen LogP contribution in [0.2, 0.25) is 0 Å². The van der Waals surface area contributed by atoms with Crippen molar-refractivity contribution >= 4 is 29.1 Å². The van der Waals surface area contributed by atoms with E-state index in [4.69, 9.17) is 4.42 Å². The van der Waals surface area contributed by atoms with Gasteiger partial charge in [0.15, 0.2) is 5.76 Å². The molecule has 3 N–H and O–H groups in total. The van der Waals surface area contributed by atoms with Crippen LogP contribution in [0.4, 0.5) is 11.4 Å². The fourth-order valence-corrected chi connectivity index (χ4v) is 2.84. The summed E-state index contributed by atoms with van der Waals surface area (Å²) in [5, 5.41) is 8.21. The molecule has 1 atom stereocenters. The average molecular weight is 405 g/mol. The van der Waals surface area contributed by atoms with Crippen molar-refractivity contribution < 1.29 is 18.8 Å². The standard InChI is InChI=1S/C23H23N3O4/c1-3-18(22(28)24-16-12-10-15(2)11-13-16)25-21(27)17-7-4-5-8-19(17)26-23(29)20-9-6-14-30-20/h4-14,18H,3H2,1-2H3,(H,24,28)(H,25,27)(H,26,29). The van der Waals surface area contributed by atoms with Gasteiger partial charge >= 0.3 is 0 Å². The molecule has 3 amide bonds. The van der Waals surface area contributed by atoms with Gasteiger partial charge in [0.1, 0.15) is 6.04 Å². The number of amides is 3. The van der Waals surface area contributed by atoms with Crippen LogP contribution in [0.1, 0.15) is 39.8 Å². The van der Waals surface area contributed by atoms with E-state index in [2.05, 4.69) is 16.0 Å². The molecule has 7 heteroatoms. The van der Waals surface area contributed by atoms with Gasteiger partial charge in [0.2, 0.25) is 5.91 Å². The third-order valence-electron chi connectivity index (χ3n) is 4.51. The van der Waals surface area contributed by atoms with Gasteiger partial charge in [-0.25, -0.2) is 0 Å². The predicted octanol–water partition coefficient (Wildman–Crippen LogP) is 3.99. The molecule has 0 fully saturated rings. The summed E-state index contributed by atoms with van der Waals surface area (Å²) >= 11 is 0. The first-order valence-electron chi connectivity index (χ1n) is 9.60. The zero-order valence-electron chi connectivity index (χ0n) is 16.8. The molecule has 0 spiro atoms. The summed E-state index contributed by atoms with van der Waals surface area (Å²) in [6.45, 7) is 3.77. The number of hydrogen-bond donors (Lipinski definition) is 3. The predicted molar refractivity (Wildman–Crippen MR) is 114 cm³/mol. The zero-order chi connectivity index (χ0) is 21.5. The van der Waals surface area contributed by atoms with E-state index in [1.807, 2.05) is 26.0 Å². The van der Waals surface area contributed by atoms with E-state index >= 15 is 0 Å². The second kappa shape index (κ2) is 9.56. The van der Waals surface area contributed by atoms with Gasteiger partial charge in [-0.05, 0) is 49.7 Å². The Morgan fingerprint density at radius 1 is 0.900 bits per heavy atom. The SMILES string of the molecule is CCC(NC(=O)c1ccccc1NC(=O)c1ccco1)C(=O)Nc1ccc(C)cc1. The maximum atomic E-state index is 12.8. The fraction of sp³-hybridized carbons (Fsp3) is 0.174. The van der Waals surface area contributed by atoms with E-state index in [1.54, 1.807) is 42.5 Å². The molecule has 30 heavy (non-hydrogen) atoms. The van der Waals surface area contributed by atoms with Gasteiger partial charge < -0.3 is 20.4 Å². The maximum absolute atomic E-state index is 12.8. The summed E-state index contributed by atoms with van der Waals surface area (Å²) in [5.41, 5.74) is 2.31. The second-order valence-electron chi connectivity index (χ2n) is 6.77. The largest absolute Gasteiger partial charge is 0.459 e. The molecule has 0 saturated carbocycles. The zero-order valence-corrected chi connectivity index (χ0v) is 16.8. The highest BCUT2D eigenvalue weighted by Gasteiger charge is 2.22. The summed E-state index contributed by atoms with van der Waals surface area (Å²) in [5.74, 6) is -1.11. The second-order valence-corrected chi connectivity index (χ2v) is 6.77. The molecule has 1 unspecified atom stereocenters. The molecule has 0 bridgehead atoms. The third kappa shape index (κ3) is 5.14. The Kier molecular flexibility index (Phi) is 6.64. The van der Waals surface area contributed by atoms with Crippen LogP contribution < -0.4 is 16.0 Å². The molecule has 1 aromatic heterocycles. The Bertz CT molecular complexity index is 1030.